The van der Waals surface area contributed by atoms with Gasteiger partial charge in [-0.25, -0.2) is 4.79 Å². The molecule has 0 bridgehead atoms. The van der Waals surface area contributed by atoms with E-state index in [1.807, 2.05) is 0 Å². The number of rotatable bonds is 30. The molecule has 0 aromatic rings. The zero-order valence-corrected chi connectivity index (χ0v) is 25.0. The first kappa shape index (κ1) is 35.9. The van der Waals surface area contributed by atoms with Crippen LogP contribution >= 0.6 is 0 Å². The molecule has 0 fully saturated rings. The largest absolute Gasteiger partial charge is 0.461 e. The smallest absolute Gasteiger partial charge is 0.381 e. The van der Waals surface area contributed by atoms with E-state index in [4.69, 9.17) is 4.74 Å². The summed E-state index contributed by atoms with van der Waals surface area (Å²) in [5, 5.41) is 11.3. The molecule has 0 saturated carbocycles. The van der Waals surface area contributed by atoms with Gasteiger partial charge in [-0.2, -0.15) is 0 Å². The molecule has 0 aliphatic rings. The quantitative estimate of drug-likeness (QED) is 0.0404. The van der Waals surface area contributed by atoms with Gasteiger partial charge in [0, 0.05) is 11.3 Å². The fourth-order valence-electron chi connectivity index (χ4n) is 5.05. The molecule has 0 aliphatic carbocycles. The van der Waals surface area contributed by atoms with Crippen molar-refractivity contribution in [2.45, 2.75) is 193 Å². The standard InChI is InChI=1S/C32H63NO4/c1-3-5-7-9-11-13-15-17-18-20-22-24-26-28-30-37-32(34)31(33(35)36)29-27-25-23-21-19-16-14-12-10-8-6-4-2/h31H,3-30H2,1-2H3. The molecule has 0 N–H and O–H groups in total. The zero-order valence-electron chi connectivity index (χ0n) is 25.0. The van der Waals surface area contributed by atoms with Crippen LogP contribution in [0.3, 0.4) is 0 Å². The van der Waals surface area contributed by atoms with Gasteiger partial charge in [0.05, 0.1) is 6.61 Å². The molecule has 0 spiro atoms. The van der Waals surface area contributed by atoms with Crippen LogP contribution in [0.15, 0.2) is 0 Å². The summed E-state index contributed by atoms with van der Waals surface area (Å²) in [6.07, 6.45) is 32.8. The van der Waals surface area contributed by atoms with Gasteiger partial charge in [0.15, 0.2) is 0 Å². The second-order valence-electron chi connectivity index (χ2n) is 11.2. The molecule has 0 amide bonds. The maximum absolute atomic E-state index is 12.2. The van der Waals surface area contributed by atoms with Crippen molar-refractivity contribution in [3.05, 3.63) is 10.1 Å². The topological polar surface area (TPSA) is 69.4 Å². The van der Waals surface area contributed by atoms with Crippen LogP contribution in [-0.2, 0) is 9.53 Å². The van der Waals surface area contributed by atoms with Gasteiger partial charge >= 0.3 is 12.0 Å². The SMILES string of the molecule is CCCCCCCCCCCCCCCCOC(=O)C(CCCCCCCCCCCCCC)[N+](=O)[O-]. The normalized spacial score (nSPS) is 12.1. The highest BCUT2D eigenvalue weighted by atomic mass is 16.6. The predicted octanol–water partition coefficient (Wildman–Crippen LogP) is 10.7. The summed E-state index contributed by atoms with van der Waals surface area (Å²) in [6, 6.07) is -1.19. The first-order chi connectivity index (χ1) is 18.1. The van der Waals surface area contributed by atoms with Gasteiger partial charge in [0.25, 0.3) is 0 Å². The Bertz CT molecular complexity index is 497. The van der Waals surface area contributed by atoms with Gasteiger partial charge in [-0.1, -0.05) is 168 Å². The van der Waals surface area contributed by atoms with Crippen molar-refractivity contribution >= 4 is 5.97 Å². The third-order valence-corrected chi connectivity index (χ3v) is 7.60. The average molecular weight is 526 g/mol. The highest BCUT2D eigenvalue weighted by molar-refractivity contribution is 5.74. The molecular formula is C32H63NO4. The number of nitrogens with zero attached hydrogens (tertiary/aromatic N) is 1. The molecular weight excluding hydrogens is 462 g/mol. The first-order valence-corrected chi connectivity index (χ1v) is 16.4. The number of esters is 1. The Balaban J connectivity index is 3.54. The van der Waals surface area contributed by atoms with Crippen LogP contribution in [0.2, 0.25) is 0 Å². The number of nitro groups is 1. The summed E-state index contributed by atoms with van der Waals surface area (Å²) in [5.41, 5.74) is 0. The lowest BCUT2D eigenvalue weighted by molar-refractivity contribution is -0.511. The number of carbonyl (C=O) groups is 1. The Kier molecular flexibility index (Phi) is 28.5. The Morgan fingerprint density at radius 3 is 1.16 bits per heavy atom. The minimum Gasteiger partial charge on any atom is -0.461 e. The van der Waals surface area contributed by atoms with Gasteiger partial charge < -0.3 is 4.74 Å². The van der Waals surface area contributed by atoms with Crippen LogP contribution in [0.1, 0.15) is 187 Å². The summed E-state index contributed by atoms with van der Waals surface area (Å²) in [5.74, 6) is -0.636. The lowest BCUT2D eigenvalue weighted by Gasteiger charge is -2.10. The van der Waals surface area contributed by atoms with Crippen molar-refractivity contribution in [3.8, 4) is 0 Å². The van der Waals surface area contributed by atoms with Crippen LogP contribution < -0.4 is 0 Å². The number of carbonyl (C=O) groups excluding carboxylic acids is 1. The maximum atomic E-state index is 12.2. The van der Waals surface area contributed by atoms with Crippen molar-refractivity contribution in [2.75, 3.05) is 6.61 Å². The van der Waals surface area contributed by atoms with Gasteiger partial charge in [-0.3, -0.25) is 10.1 Å². The van der Waals surface area contributed by atoms with E-state index in [9.17, 15) is 14.9 Å². The third-order valence-electron chi connectivity index (χ3n) is 7.60. The summed E-state index contributed by atoms with van der Waals surface area (Å²) in [4.78, 5) is 23.1. The molecule has 0 aromatic heterocycles. The van der Waals surface area contributed by atoms with E-state index in [0.717, 1.165) is 38.5 Å². The van der Waals surface area contributed by atoms with E-state index in [1.165, 1.54) is 128 Å². The molecule has 0 aromatic carbocycles. The highest BCUT2D eigenvalue weighted by Gasteiger charge is 2.30. The lowest BCUT2D eigenvalue weighted by atomic mass is 10.0. The molecule has 5 heteroatoms. The predicted molar refractivity (Wildman–Crippen MR) is 158 cm³/mol. The van der Waals surface area contributed by atoms with Gasteiger partial charge in [0.2, 0.25) is 0 Å². The second-order valence-corrected chi connectivity index (χ2v) is 11.2. The summed E-state index contributed by atoms with van der Waals surface area (Å²) < 4.78 is 5.25. The van der Waals surface area contributed by atoms with E-state index in [-0.39, 0.29) is 0 Å². The molecule has 0 heterocycles. The Morgan fingerprint density at radius 2 is 0.838 bits per heavy atom. The third kappa shape index (κ3) is 26.3. The molecule has 0 radical (unpaired) electrons. The molecule has 1 unspecified atom stereocenters. The van der Waals surface area contributed by atoms with Crippen molar-refractivity contribution < 1.29 is 14.5 Å². The molecule has 0 saturated heterocycles. The van der Waals surface area contributed by atoms with Crippen LogP contribution in [0, 0.1) is 10.1 Å². The van der Waals surface area contributed by atoms with E-state index in [2.05, 4.69) is 13.8 Å². The van der Waals surface area contributed by atoms with Gasteiger partial charge in [-0.05, 0) is 12.8 Å². The maximum Gasteiger partial charge on any atom is 0.381 e. The van der Waals surface area contributed by atoms with Crippen LogP contribution in [0.25, 0.3) is 0 Å². The lowest BCUT2D eigenvalue weighted by Crippen LogP contribution is -2.31. The van der Waals surface area contributed by atoms with Gasteiger partial charge in [0.1, 0.15) is 0 Å². The van der Waals surface area contributed by atoms with E-state index in [0.29, 0.717) is 13.0 Å². The Hall–Kier alpha value is -1.13. The molecule has 0 rings (SSSR count). The fraction of sp³-hybridized carbons (Fsp3) is 0.969. The number of ether oxygens (including phenoxy) is 1. The van der Waals surface area contributed by atoms with E-state index in [1.54, 1.807) is 0 Å². The summed E-state index contributed by atoms with van der Waals surface area (Å²) >= 11 is 0. The number of unbranched alkanes of at least 4 members (excludes halogenated alkanes) is 24. The molecule has 37 heavy (non-hydrogen) atoms. The van der Waals surface area contributed by atoms with Crippen molar-refractivity contribution in [1.82, 2.24) is 0 Å². The van der Waals surface area contributed by atoms with Crippen molar-refractivity contribution in [3.63, 3.8) is 0 Å². The number of hydrogen-bond acceptors (Lipinski definition) is 4. The van der Waals surface area contributed by atoms with Crippen LogP contribution in [0.4, 0.5) is 0 Å². The minimum absolute atomic E-state index is 0.308. The molecule has 5 nitrogen and oxygen atoms in total. The summed E-state index contributed by atoms with van der Waals surface area (Å²) in [7, 11) is 0. The van der Waals surface area contributed by atoms with Crippen molar-refractivity contribution in [1.29, 1.82) is 0 Å². The summed E-state index contributed by atoms with van der Waals surface area (Å²) in [6.45, 7) is 4.83. The molecule has 1 atom stereocenters. The molecule has 0 aliphatic heterocycles. The van der Waals surface area contributed by atoms with Crippen LogP contribution in [-0.4, -0.2) is 23.5 Å². The Morgan fingerprint density at radius 1 is 0.541 bits per heavy atom. The highest BCUT2D eigenvalue weighted by Crippen LogP contribution is 2.15. The first-order valence-electron chi connectivity index (χ1n) is 16.4. The van der Waals surface area contributed by atoms with E-state index >= 15 is 0 Å². The Labute approximate surface area is 230 Å². The van der Waals surface area contributed by atoms with Gasteiger partial charge in [-0.15, -0.1) is 0 Å². The van der Waals surface area contributed by atoms with E-state index < -0.39 is 16.9 Å². The van der Waals surface area contributed by atoms with Crippen molar-refractivity contribution in [2.24, 2.45) is 0 Å². The van der Waals surface area contributed by atoms with Crippen LogP contribution in [0.5, 0.6) is 0 Å². The average Bonchev–Trinajstić information content (AvgIpc) is 2.88. The minimum atomic E-state index is -1.19. The molecule has 220 valence electrons. The zero-order chi connectivity index (χ0) is 27.2. The fourth-order valence-corrected chi connectivity index (χ4v) is 5.05. The number of hydrogen-bond donors (Lipinski definition) is 0. The second kappa shape index (κ2) is 29.4. The monoisotopic (exact) mass is 525 g/mol.